The molecule has 1 aromatic carbocycles. The van der Waals surface area contributed by atoms with Gasteiger partial charge in [0.05, 0.1) is 6.61 Å². The zero-order valence-electron chi connectivity index (χ0n) is 14.4. The average molecular weight is 337 g/mol. The first-order chi connectivity index (χ1) is 11.2. The molecule has 0 radical (unpaired) electrons. The summed E-state index contributed by atoms with van der Waals surface area (Å²) < 4.78 is 17.7. The maximum absolute atomic E-state index is 11.5. The van der Waals surface area contributed by atoms with Crippen LogP contribution in [-0.2, 0) is 18.4 Å². The Morgan fingerprint density at radius 3 is 2.17 bits per heavy atom. The molecule has 4 nitrogen and oxygen atoms in total. The molecule has 0 aromatic heterocycles. The molecule has 5 heteroatoms. The average Bonchev–Trinajstić information content (AvgIpc) is 2.58. The Morgan fingerprint density at radius 1 is 1.04 bits per heavy atom. The zero-order valence-corrected chi connectivity index (χ0v) is 15.4. The lowest BCUT2D eigenvalue weighted by atomic mass is 10.4. The fraction of sp³-hybridized carbons (Fsp3) is 0.500. The van der Waals surface area contributed by atoms with Gasteiger partial charge in [-0.2, -0.15) is 0 Å². The number of ether oxygens (including phenoxy) is 1. The van der Waals surface area contributed by atoms with Crippen molar-refractivity contribution < 1.29 is 18.4 Å². The second-order valence-electron chi connectivity index (χ2n) is 5.23. The van der Waals surface area contributed by atoms with Crippen LogP contribution in [0.3, 0.4) is 0 Å². The van der Waals surface area contributed by atoms with E-state index in [0.29, 0.717) is 25.9 Å². The molecule has 0 spiro atoms. The van der Waals surface area contributed by atoms with Gasteiger partial charge in [0.25, 0.3) is 0 Å². The van der Waals surface area contributed by atoms with Crippen LogP contribution >= 0.6 is 0 Å². The van der Waals surface area contributed by atoms with E-state index in [0.717, 1.165) is 18.0 Å². The van der Waals surface area contributed by atoms with Gasteiger partial charge in [-0.1, -0.05) is 50.3 Å². The van der Waals surface area contributed by atoms with E-state index in [-0.39, 0.29) is 5.97 Å². The van der Waals surface area contributed by atoms with Crippen molar-refractivity contribution in [3.8, 4) is 0 Å². The Labute approximate surface area is 140 Å². The Kier molecular flexibility index (Phi) is 9.51. The van der Waals surface area contributed by atoms with Crippen molar-refractivity contribution in [1.82, 2.24) is 0 Å². The third-order valence-electron chi connectivity index (χ3n) is 3.27. The molecule has 0 heterocycles. The fourth-order valence-electron chi connectivity index (χ4n) is 2.19. The maximum atomic E-state index is 11.5. The highest BCUT2D eigenvalue weighted by Gasteiger charge is 2.40. The molecule has 0 fully saturated rings. The molecule has 0 amide bonds. The van der Waals surface area contributed by atoms with Crippen molar-refractivity contribution in [3.05, 3.63) is 42.5 Å². The van der Waals surface area contributed by atoms with E-state index in [2.05, 4.69) is 13.8 Å². The van der Waals surface area contributed by atoms with E-state index in [9.17, 15) is 4.79 Å². The van der Waals surface area contributed by atoms with Crippen LogP contribution in [0.15, 0.2) is 42.5 Å². The smallest absolute Gasteiger partial charge is 0.375 e. The third-order valence-corrected chi connectivity index (χ3v) is 6.69. The molecular formula is C18H28O4Si. The van der Waals surface area contributed by atoms with Crippen molar-refractivity contribution in [2.45, 2.75) is 39.7 Å². The van der Waals surface area contributed by atoms with E-state index in [4.69, 9.17) is 13.6 Å². The normalized spacial score (nSPS) is 11.8. The number of rotatable bonds is 11. The van der Waals surface area contributed by atoms with E-state index >= 15 is 0 Å². The summed E-state index contributed by atoms with van der Waals surface area (Å²) in [6.07, 6.45) is 4.95. The fourth-order valence-corrected chi connectivity index (χ4v) is 5.33. The van der Waals surface area contributed by atoms with Gasteiger partial charge in [0.1, 0.15) is 0 Å². The molecule has 128 valence electrons. The van der Waals surface area contributed by atoms with Gasteiger partial charge in [-0.25, -0.2) is 4.79 Å². The molecule has 0 aliphatic carbocycles. The van der Waals surface area contributed by atoms with Gasteiger partial charge in [-0.15, -0.1) is 0 Å². The van der Waals surface area contributed by atoms with Crippen LogP contribution in [0.4, 0.5) is 0 Å². The largest absolute Gasteiger partial charge is 0.463 e. The molecule has 0 aliphatic rings. The van der Waals surface area contributed by atoms with Crippen LogP contribution < -0.4 is 5.19 Å². The summed E-state index contributed by atoms with van der Waals surface area (Å²) in [5, 5.41) is 1.09. The third kappa shape index (κ3) is 6.68. The molecule has 0 unspecified atom stereocenters. The number of esters is 1. The minimum absolute atomic E-state index is 0.303. The van der Waals surface area contributed by atoms with Crippen LogP contribution in [-0.4, -0.2) is 34.4 Å². The summed E-state index contributed by atoms with van der Waals surface area (Å²) in [7, 11) is -2.60. The zero-order chi connectivity index (χ0) is 17.0. The Balaban J connectivity index is 2.89. The first kappa shape index (κ1) is 19.6. The van der Waals surface area contributed by atoms with Crippen molar-refractivity contribution in [3.63, 3.8) is 0 Å². The Bertz CT molecular complexity index is 465. The maximum Gasteiger partial charge on any atom is 0.375 e. The van der Waals surface area contributed by atoms with Crippen molar-refractivity contribution in [2.24, 2.45) is 0 Å². The van der Waals surface area contributed by atoms with Gasteiger partial charge in [-0.3, -0.25) is 0 Å². The summed E-state index contributed by atoms with van der Waals surface area (Å²) in [4.78, 5) is 11.5. The minimum Gasteiger partial charge on any atom is -0.463 e. The number of allylic oxidation sites excluding steroid dienone is 1. The second kappa shape index (κ2) is 11.2. The summed E-state index contributed by atoms with van der Waals surface area (Å²) in [6.45, 7) is 7.55. The topological polar surface area (TPSA) is 44.8 Å². The quantitative estimate of drug-likeness (QED) is 0.353. The number of carbonyl (C=O) groups is 1. The molecule has 0 aliphatic heterocycles. The molecule has 0 atom stereocenters. The van der Waals surface area contributed by atoms with Gasteiger partial charge in [0.15, 0.2) is 0 Å². The monoisotopic (exact) mass is 336 g/mol. The molecule has 1 rings (SSSR count). The molecule has 23 heavy (non-hydrogen) atoms. The predicted octanol–water partition coefficient (Wildman–Crippen LogP) is 3.31. The first-order valence-electron chi connectivity index (χ1n) is 8.31. The highest BCUT2D eigenvalue weighted by atomic mass is 28.4. The van der Waals surface area contributed by atoms with Crippen LogP contribution in [0, 0.1) is 0 Å². The number of hydrogen-bond donors (Lipinski definition) is 0. The minimum atomic E-state index is -2.60. The molecule has 0 bridgehead atoms. The first-order valence-corrected chi connectivity index (χ1v) is 10.3. The van der Waals surface area contributed by atoms with Gasteiger partial charge in [0.2, 0.25) is 0 Å². The highest BCUT2D eigenvalue weighted by molar-refractivity contribution is 6.81. The van der Waals surface area contributed by atoms with Crippen LogP contribution in [0.2, 0.25) is 6.04 Å². The van der Waals surface area contributed by atoms with Gasteiger partial charge in [0, 0.05) is 25.3 Å². The van der Waals surface area contributed by atoms with Crippen molar-refractivity contribution >= 4 is 19.7 Å². The highest BCUT2D eigenvalue weighted by Crippen LogP contribution is 2.16. The molecule has 1 aromatic rings. The number of benzene rings is 1. The Hall–Kier alpha value is -1.43. The lowest BCUT2D eigenvalue weighted by Gasteiger charge is -2.31. The summed E-state index contributed by atoms with van der Waals surface area (Å²) in [6, 6.07) is 10.7. The van der Waals surface area contributed by atoms with E-state index in [1.165, 1.54) is 6.08 Å². The second-order valence-corrected chi connectivity index (χ2v) is 8.39. The van der Waals surface area contributed by atoms with E-state index < -0.39 is 8.56 Å². The van der Waals surface area contributed by atoms with Gasteiger partial charge < -0.3 is 13.6 Å². The predicted molar refractivity (Wildman–Crippen MR) is 94.9 cm³/mol. The van der Waals surface area contributed by atoms with Crippen LogP contribution in [0.5, 0.6) is 0 Å². The van der Waals surface area contributed by atoms with Crippen molar-refractivity contribution in [2.75, 3.05) is 19.8 Å². The molecule has 0 N–H and O–H groups in total. The lowest BCUT2D eigenvalue weighted by molar-refractivity contribution is -0.137. The Morgan fingerprint density at radius 2 is 1.65 bits per heavy atom. The summed E-state index contributed by atoms with van der Waals surface area (Å²) >= 11 is 0. The standard InChI is InChI=1S/C18H28O4Si/c1-4-10-18(19)20-15-16-23(21-13-5-2,22-14-6-3)17-11-8-7-9-12-17/h4,7-12H,5-6,13-16H2,1-3H3. The van der Waals surface area contributed by atoms with Gasteiger partial charge >= 0.3 is 14.5 Å². The molecule has 0 saturated carbocycles. The summed E-state index contributed by atoms with van der Waals surface area (Å²) in [5.41, 5.74) is 0. The summed E-state index contributed by atoms with van der Waals surface area (Å²) in [5.74, 6) is -0.325. The van der Waals surface area contributed by atoms with E-state index in [1.54, 1.807) is 13.0 Å². The molecular weight excluding hydrogens is 308 g/mol. The number of hydrogen-bond acceptors (Lipinski definition) is 4. The van der Waals surface area contributed by atoms with E-state index in [1.807, 2.05) is 30.3 Å². The number of carbonyl (C=O) groups excluding carboxylic acids is 1. The SMILES string of the molecule is CC=CC(=O)OCC[Si](OCCC)(OCCC)c1ccccc1. The van der Waals surface area contributed by atoms with Crippen LogP contribution in [0.25, 0.3) is 0 Å². The van der Waals surface area contributed by atoms with Crippen molar-refractivity contribution in [1.29, 1.82) is 0 Å². The van der Waals surface area contributed by atoms with Gasteiger partial charge in [-0.05, 0) is 25.0 Å². The van der Waals surface area contributed by atoms with Crippen LogP contribution in [0.1, 0.15) is 33.6 Å². The molecule has 0 saturated heterocycles. The lowest BCUT2D eigenvalue weighted by Crippen LogP contribution is -2.55.